The van der Waals surface area contributed by atoms with Crippen molar-refractivity contribution >= 4 is 5.82 Å². The van der Waals surface area contributed by atoms with Crippen LogP contribution in [0.2, 0.25) is 0 Å². The summed E-state index contributed by atoms with van der Waals surface area (Å²) in [6, 6.07) is 3.84. The Kier molecular flexibility index (Phi) is 4.38. The maximum atomic E-state index is 5.79. The fraction of sp³-hybridized carbons (Fsp3) is 0.615. The maximum absolute atomic E-state index is 5.79. The first-order valence-electron chi connectivity index (χ1n) is 6.39. The standard InChI is InChI=1S/C13H21N3O2/c1-10(2)18-12-4-3-5-15-13(12)16-6-7-17-11(8-14)9-16/h3-5,10-11H,6-9,14H2,1-2H3. The molecule has 2 rings (SSSR count). The van der Waals surface area contributed by atoms with E-state index in [0.717, 1.165) is 24.7 Å². The Morgan fingerprint density at radius 1 is 1.61 bits per heavy atom. The molecule has 1 aromatic rings. The zero-order valence-electron chi connectivity index (χ0n) is 11.0. The fourth-order valence-corrected chi connectivity index (χ4v) is 2.02. The van der Waals surface area contributed by atoms with Crippen LogP contribution in [0.3, 0.4) is 0 Å². The molecular weight excluding hydrogens is 230 g/mol. The molecule has 2 N–H and O–H groups in total. The molecule has 100 valence electrons. The summed E-state index contributed by atoms with van der Waals surface area (Å²) in [7, 11) is 0. The van der Waals surface area contributed by atoms with Gasteiger partial charge in [-0.15, -0.1) is 0 Å². The molecule has 0 spiro atoms. The van der Waals surface area contributed by atoms with Gasteiger partial charge >= 0.3 is 0 Å². The van der Waals surface area contributed by atoms with Gasteiger partial charge < -0.3 is 20.1 Å². The highest BCUT2D eigenvalue weighted by molar-refractivity contribution is 5.52. The lowest BCUT2D eigenvalue weighted by Gasteiger charge is -2.34. The quantitative estimate of drug-likeness (QED) is 0.866. The van der Waals surface area contributed by atoms with E-state index >= 15 is 0 Å². The van der Waals surface area contributed by atoms with E-state index in [1.807, 2.05) is 26.0 Å². The molecular formula is C13H21N3O2. The van der Waals surface area contributed by atoms with Crippen LogP contribution < -0.4 is 15.4 Å². The molecule has 0 radical (unpaired) electrons. The molecule has 5 nitrogen and oxygen atoms in total. The monoisotopic (exact) mass is 251 g/mol. The first kappa shape index (κ1) is 13.1. The molecule has 2 heterocycles. The van der Waals surface area contributed by atoms with Crippen LogP contribution in [-0.4, -0.2) is 43.4 Å². The Morgan fingerprint density at radius 3 is 3.17 bits per heavy atom. The summed E-state index contributed by atoms with van der Waals surface area (Å²) in [6.07, 6.45) is 2.00. The van der Waals surface area contributed by atoms with Gasteiger partial charge in [0, 0.05) is 25.8 Å². The van der Waals surface area contributed by atoms with E-state index in [2.05, 4.69) is 9.88 Å². The number of hydrogen-bond acceptors (Lipinski definition) is 5. The van der Waals surface area contributed by atoms with Crippen molar-refractivity contribution in [1.29, 1.82) is 0 Å². The van der Waals surface area contributed by atoms with Crippen LogP contribution in [0.25, 0.3) is 0 Å². The predicted octanol–water partition coefficient (Wildman–Crippen LogP) is 1.03. The molecule has 1 fully saturated rings. The third-order valence-corrected chi connectivity index (χ3v) is 2.81. The molecule has 1 saturated heterocycles. The second-order valence-electron chi connectivity index (χ2n) is 4.67. The number of morpholine rings is 1. The van der Waals surface area contributed by atoms with E-state index in [1.54, 1.807) is 6.20 Å². The van der Waals surface area contributed by atoms with Crippen LogP contribution in [0.15, 0.2) is 18.3 Å². The van der Waals surface area contributed by atoms with Gasteiger partial charge in [-0.1, -0.05) is 0 Å². The van der Waals surface area contributed by atoms with Crippen LogP contribution in [0.5, 0.6) is 5.75 Å². The topological polar surface area (TPSA) is 60.6 Å². The normalized spacial score (nSPS) is 20.2. The van der Waals surface area contributed by atoms with Crippen molar-refractivity contribution in [3.8, 4) is 5.75 Å². The van der Waals surface area contributed by atoms with Crippen molar-refractivity contribution in [2.75, 3.05) is 31.1 Å². The smallest absolute Gasteiger partial charge is 0.171 e. The largest absolute Gasteiger partial charge is 0.487 e. The van der Waals surface area contributed by atoms with Gasteiger partial charge in [0.2, 0.25) is 0 Å². The van der Waals surface area contributed by atoms with Crippen molar-refractivity contribution in [3.05, 3.63) is 18.3 Å². The van der Waals surface area contributed by atoms with E-state index in [4.69, 9.17) is 15.2 Å². The number of rotatable bonds is 4. The third kappa shape index (κ3) is 3.11. The van der Waals surface area contributed by atoms with Crippen LogP contribution >= 0.6 is 0 Å². The van der Waals surface area contributed by atoms with Crippen LogP contribution in [0.4, 0.5) is 5.82 Å². The Bertz CT molecular complexity index is 384. The van der Waals surface area contributed by atoms with Gasteiger partial charge in [-0.25, -0.2) is 4.98 Å². The van der Waals surface area contributed by atoms with Crippen molar-refractivity contribution < 1.29 is 9.47 Å². The van der Waals surface area contributed by atoms with Gasteiger partial charge in [-0.05, 0) is 26.0 Å². The molecule has 1 aliphatic heterocycles. The summed E-state index contributed by atoms with van der Waals surface area (Å²) in [5, 5.41) is 0. The number of ether oxygens (including phenoxy) is 2. The number of nitrogens with zero attached hydrogens (tertiary/aromatic N) is 2. The summed E-state index contributed by atoms with van der Waals surface area (Å²) in [6.45, 7) is 6.82. The van der Waals surface area contributed by atoms with Crippen LogP contribution in [0, 0.1) is 0 Å². The lowest BCUT2D eigenvalue weighted by molar-refractivity contribution is 0.0460. The first-order chi connectivity index (χ1) is 8.70. The van der Waals surface area contributed by atoms with Gasteiger partial charge in [0.05, 0.1) is 18.8 Å². The first-order valence-corrected chi connectivity index (χ1v) is 6.39. The van der Waals surface area contributed by atoms with Gasteiger partial charge in [0.15, 0.2) is 11.6 Å². The molecule has 0 aliphatic carbocycles. The van der Waals surface area contributed by atoms with E-state index < -0.39 is 0 Å². The molecule has 1 unspecified atom stereocenters. The van der Waals surface area contributed by atoms with Crippen LogP contribution in [0.1, 0.15) is 13.8 Å². The lowest BCUT2D eigenvalue weighted by Crippen LogP contribution is -2.46. The van der Waals surface area contributed by atoms with Crippen molar-refractivity contribution in [1.82, 2.24) is 4.98 Å². The molecule has 0 saturated carbocycles. The summed E-state index contributed by atoms with van der Waals surface area (Å²) < 4.78 is 11.4. The number of aromatic nitrogens is 1. The second kappa shape index (κ2) is 6.02. The van der Waals surface area contributed by atoms with Crippen molar-refractivity contribution in [3.63, 3.8) is 0 Å². The lowest BCUT2D eigenvalue weighted by atomic mass is 10.2. The molecule has 1 aliphatic rings. The van der Waals surface area contributed by atoms with E-state index in [9.17, 15) is 0 Å². The Morgan fingerprint density at radius 2 is 2.44 bits per heavy atom. The fourth-order valence-electron chi connectivity index (χ4n) is 2.02. The summed E-state index contributed by atoms with van der Waals surface area (Å²) in [5.41, 5.74) is 5.66. The molecule has 18 heavy (non-hydrogen) atoms. The van der Waals surface area contributed by atoms with Crippen molar-refractivity contribution in [2.24, 2.45) is 5.73 Å². The summed E-state index contributed by atoms with van der Waals surface area (Å²) >= 11 is 0. The average Bonchev–Trinajstić information content (AvgIpc) is 2.39. The molecule has 0 bridgehead atoms. The SMILES string of the molecule is CC(C)Oc1cccnc1N1CCOC(CN)C1. The second-order valence-corrected chi connectivity index (χ2v) is 4.67. The summed E-state index contributed by atoms with van der Waals surface area (Å²) in [5.74, 6) is 1.71. The third-order valence-electron chi connectivity index (χ3n) is 2.81. The highest BCUT2D eigenvalue weighted by Crippen LogP contribution is 2.27. The Balaban J connectivity index is 2.16. The minimum absolute atomic E-state index is 0.0765. The minimum Gasteiger partial charge on any atom is -0.487 e. The van der Waals surface area contributed by atoms with Gasteiger partial charge in [0.25, 0.3) is 0 Å². The highest BCUT2D eigenvalue weighted by atomic mass is 16.5. The van der Waals surface area contributed by atoms with E-state index in [0.29, 0.717) is 13.2 Å². The zero-order valence-corrected chi connectivity index (χ0v) is 11.0. The molecule has 5 heteroatoms. The van der Waals surface area contributed by atoms with Gasteiger partial charge in [-0.2, -0.15) is 0 Å². The Labute approximate surface area is 108 Å². The predicted molar refractivity (Wildman–Crippen MR) is 71.0 cm³/mol. The van der Waals surface area contributed by atoms with Gasteiger partial charge in [0.1, 0.15) is 0 Å². The summed E-state index contributed by atoms with van der Waals surface area (Å²) in [4.78, 5) is 6.61. The average molecular weight is 251 g/mol. The van der Waals surface area contributed by atoms with Gasteiger partial charge in [-0.3, -0.25) is 0 Å². The maximum Gasteiger partial charge on any atom is 0.171 e. The van der Waals surface area contributed by atoms with Crippen LogP contribution in [-0.2, 0) is 4.74 Å². The molecule has 0 aromatic carbocycles. The minimum atomic E-state index is 0.0765. The number of nitrogens with two attached hydrogens (primary N) is 1. The zero-order chi connectivity index (χ0) is 13.0. The van der Waals surface area contributed by atoms with Crippen molar-refractivity contribution in [2.45, 2.75) is 26.1 Å². The molecule has 1 atom stereocenters. The number of pyridine rings is 1. The molecule has 1 aromatic heterocycles. The Hall–Kier alpha value is -1.33. The van der Waals surface area contributed by atoms with E-state index in [1.165, 1.54) is 0 Å². The van der Waals surface area contributed by atoms with E-state index in [-0.39, 0.29) is 12.2 Å². The number of hydrogen-bond donors (Lipinski definition) is 1. The number of anilines is 1. The highest BCUT2D eigenvalue weighted by Gasteiger charge is 2.22. The molecule has 0 amide bonds.